The molecule has 2 unspecified atom stereocenters. The largest absolute Gasteiger partial charge is 0.394 e. The molecule has 6 atom stereocenters. The van der Waals surface area contributed by atoms with Crippen LogP contribution in [0.3, 0.4) is 0 Å². The second kappa shape index (κ2) is 10.9. The molecule has 2 aromatic carbocycles. The van der Waals surface area contributed by atoms with Crippen molar-refractivity contribution in [1.29, 1.82) is 0 Å². The number of anilines is 1. The lowest BCUT2D eigenvalue weighted by Crippen LogP contribution is -2.55. The van der Waals surface area contributed by atoms with Crippen molar-refractivity contribution < 1.29 is 19.5 Å². The molecule has 3 saturated heterocycles. The molecular weight excluding hydrogens is 522 g/mol. The Morgan fingerprint density at radius 2 is 1.82 bits per heavy atom. The number of fused-ring (bicyclic) bond motifs is 1. The van der Waals surface area contributed by atoms with E-state index in [9.17, 15) is 19.5 Å². The first-order valence-corrected chi connectivity index (χ1v) is 15.2. The molecule has 3 N–H and O–H groups in total. The van der Waals surface area contributed by atoms with E-state index in [-0.39, 0.29) is 30.2 Å². The van der Waals surface area contributed by atoms with Gasteiger partial charge in [0.05, 0.1) is 29.2 Å². The molecule has 1 spiro atoms. The fourth-order valence-electron chi connectivity index (χ4n) is 7.24. The predicted molar refractivity (Wildman–Crippen MR) is 159 cm³/mol. The fraction of sp³-hybridized carbons (Fsp3) is 0.531. The summed E-state index contributed by atoms with van der Waals surface area (Å²) in [5.41, 5.74) is 3.69. The molecular formula is C32H41N3O4S. The summed E-state index contributed by atoms with van der Waals surface area (Å²) in [6.45, 7) is 10.3. The Balaban J connectivity index is 1.52. The Kier molecular flexibility index (Phi) is 7.79. The SMILES string of the molecule is Cc1ccc(C)c(NC(=O)C2N([C@@H](CO)CC(C)C)C(=O)[C@@H]3[C@@H](C(=O)NCc4ccccc4)[C@@]4(C)CCC23S4)c1. The summed E-state index contributed by atoms with van der Waals surface area (Å²) in [6, 6.07) is 14.4. The fourth-order valence-corrected chi connectivity index (χ4v) is 9.59. The van der Waals surface area contributed by atoms with Gasteiger partial charge in [-0.15, -0.1) is 11.8 Å². The lowest BCUT2D eigenvalue weighted by molar-refractivity contribution is -0.143. The summed E-state index contributed by atoms with van der Waals surface area (Å²) in [7, 11) is 0. The molecule has 0 aliphatic carbocycles. The molecule has 214 valence electrons. The highest BCUT2D eigenvalue weighted by Gasteiger charge is 2.77. The smallest absolute Gasteiger partial charge is 0.248 e. The van der Waals surface area contributed by atoms with Gasteiger partial charge in [0.1, 0.15) is 6.04 Å². The van der Waals surface area contributed by atoms with Crippen LogP contribution in [0.4, 0.5) is 5.69 Å². The standard InChI is InChI=1S/C32H41N3O4S/c1-19(2)15-23(18-36)35-27(29(38)34-24-16-20(3)11-12-21(24)4)32-14-13-31(5,40-32)25(26(32)30(35)39)28(37)33-17-22-9-7-6-8-10-22/h6-12,16,19,23,25-27,36H,13-15,17-18H2,1-5H3,(H,33,37)(H,34,38)/t23-,25+,26+,27?,31-,32?/m1/s1. The number of nitrogens with one attached hydrogen (secondary N) is 2. The number of hydrogen-bond acceptors (Lipinski definition) is 5. The minimum Gasteiger partial charge on any atom is -0.394 e. The van der Waals surface area contributed by atoms with Crippen molar-refractivity contribution in [3.63, 3.8) is 0 Å². The number of aliphatic hydroxyl groups is 1. The van der Waals surface area contributed by atoms with Crippen molar-refractivity contribution in [3.05, 3.63) is 65.2 Å². The third-order valence-corrected chi connectivity index (χ3v) is 11.0. The van der Waals surface area contributed by atoms with Gasteiger partial charge in [-0.3, -0.25) is 14.4 Å². The first kappa shape index (κ1) is 28.7. The molecule has 8 heteroatoms. The highest BCUT2D eigenvalue weighted by Crippen LogP contribution is 2.71. The van der Waals surface area contributed by atoms with Crippen LogP contribution in [-0.4, -0.2) is 55.9 Å². The lowest BCUT2D eigenvalue weighted by atomic mass is 9.66. The molecule has 0 saturated carbocycles. The number of aliphatic hydroxyl groups excluding tert-OH is 1. The van der Waals surface area contributed by atoms with E-state index < -0.39 is 33.4 Å². The Bertz CT molecular complexity index is 1300. The van der Waals surface area contributed by atoms with Gasteiger partial charge < -0.3 is 20.6 Å². The predicted octanol–water partition coefficient (Wildman–Crippen LogP) is 4.45. The molecule has 3 aliphatic rings. The van der Waals surface area contributed by atoms with E-state index in [4.69, 9.17) is 0 Å². The van der Waals surface area contributed by atoms with Crippen molar-refractivity contribution in [3.8, 4) is 0 Å². The molecule has 7 nitrogen and oxygen atoms in total. The number of likely N-dealkylation sites (tertiary alicyclic amines) is 1. The zero-order chi connectivity index (χ0) is 28.8. The van der Waals surface area contributed by atoms with Crippen LogP contribution in [0.1, 0.15) is 56.7 Å². The highest BCUT2D eigenvalue weighted by atomic mass is 32.2. The maximum absolute atomic E-state index is 14.4. The molecule has 3 heterocycles. The molecule has 2 aromatic rings. The molecule has 3 aliphatic heterocycles. The summed E-state index contributed by atoms with van der Waals surface area (Å²) in [6.07, 6.45) is 2.00. The van der Waals surface area contributed by atoms with Crippen molar-refractivity contribution in [2.75, 3.05) is 11.9 Å². The Labute approximate surface area is 241 Å². The van der Waals surface area contributed by atoms with Gasteiger partial charge in [-0.25, -0.2) is 0 Å². The molecule has 0 radical (unpaired) electrons. The van der Waals surface area contributed by atoms with Gasteiger partial charge in [0.25, 0.3) is 0 Å². The first-order valence-electron chi connectivity index (χ1n) is 14.3. The Morgan fingerprint density at radius 1 is 1.10 bits per heavy atom. The van der Waals surface area contributed by atoms with E-state index in [1.807, 2.05) is 62.4 Å². The van der Waals surface area contributed by atoms with E-state index in [0.29, 0.717) is 19.4 Å². The van der Waals surface area contributed by atoms with E-state index in [0.717, 1.165) is 28.8 Å². The number of hydrogen-bond donors (Lipinski definition) is 3. The summed E-state index contributed by atoms with van der Waals surface area (Å²) in [5.74, 6) is -1.52. The summed E-state index contributed by atoms with van der Waals surface area (Å²) >= 11 is 1.65. The number of benzene rings is 2. The zero-order valence-corrected chi connectivity index (χ0v) is 24.9. The van der Waals surface area contributed by atoms with Gasteiger partial charge in [-0.2, -0.15) is 0 Å². The number of thioether (sulfide) groups is 1. The average molecular weight is 564 g/mol. The molecule has 0 aromatic heterocycles. The van der Waals surface area contributed by atoms with Crippen LogP contribution in [0.25, 0.3) is 0 Å². The van der Waals surface area contributed by atoms with Crippen LogP contribution in [0.15, 0.2) is 48.5 Å². The van der Waals surface area contributed by atoms with Crippen molar-refractivity contribution in [2.45, 2.75) is 82.0 Å². The van der Waals surface area contributed by atoms with E-state index >= 15 is 0 Å². The lowest BCUT2D eigenvalue weighted by Gasteiger charge is -2.37. The van der Waals surface area contributed by atoms with Crippen LogP contribution in [-0.2, 0) is 20.9 Å². The van der Waals surface area contributed by atoms with E-state index in [2.05, 4.69) is 31.4 Å². The molecule has 40 heavy (non-hydrogen) atoms. The van der Waals surface area contributed by atoms with Gasteiger partial charge in [0.2, 0.25) is 17.7 Å². The van der Waals surface area contributed by atoms with Crippen molar-refractivity contribution in [2.24, 2.45) is 17.8 Å². The van der Waals surface area contributed by atoms with Crippen LogP contribution in [0.5, 0.6) is 0 Å². The van der Waals surface area contributed by atoms with Gasteiger partial charge in [0, 0.05) is 17.0 Å². The monoisotopic (exact) mass is 563 g/mol. The van der Waals surface area contributed by atoms with Gasteiger partial charge in [-0.1, -0.05) is 56.3 Å². The zero-order valence-electron chi connectivity index (χ0n) is 24.1. The Hall–Kier alpha value is -2.84. The number of amides is 3. The van der Waals surface area contributed by atoms with Crippen molar-refractivity contribution in [1.82, 2.24) is 10.2 Å². The quantitative estimate of drug-likeness (QED) is 0.419. The van der Waals surface area contributed by atoms with Gasteiger partial charge >= 0.3 is 0 Å². The number of aryl methyl sites for hydroxylation is 2. The summed E-state index contributed by atoms with van der Waals surface area (Å²) in [5, 5.41) is 16.7. The van der Waals surface area contributed by atoms with Gasteiger partial charge in [0.15, 0.2) is 0 Å². The third kappa shape index (κ3) is 4.83. The van der Waals surface area contributed by atoms with Crippen LogP contribution in [0, 0.1) is 31.6 Å². The number of carbonyl (C=O) groups is 3. The normalized spacial score (nSPS) is 29.5. The van der Waals surface area contributed by atoms with Gasteiger partial charge in [-0.05, 0) is 68.7 Å². The van der Waals surface area contributed by atoms with Crippen molar-refractivity contribution >= 4 is 35.2 Å². The minimum atomic E-state index is -0.778. The van der Waals surface area contributed by atoms with E-state index in [1.54, 1.807) is 16.7 Å². The summed E-state index contributed by atoms with van der Waals surface area (Å²) in [4.78, 5) is 44.2. The topological polar surface area (TPSA) is 98.7 Å². The Morgan fingerprint density at radius 3 is 2.50 bits per heavy atom. The van der Waals surface area contributed by atoms with Crippen LogP contribution in [0.2, 0.25) is 0 Å². The minimum absolute atomic E-state index is 0.140. The first-order chi connectivity index (χ1) is 19.0. The van der Waals surface area contributed by atoms with Crippen LogP contribution < -0.4 is 10.6 Å². The maximum Gasteiger partial charge on any atom is 0.248 e. The third-order valence-electron chi connectivity index (χ3n) is 9.05. The molecule has 5 rings (SSSR count). The highest BCUT2D eigenvalue weighted by molar-refractivity contribution is 8.02. The second-order valence-corrected chi connectivity index (χ2v) is 14.3. The second-order valence-electron chi connectivity index (χ2n) is 12.5. The summed E-state index contributed by atoms with van der Waals surface area (Å²) < 4.78 is -1.18. The number of rotatable bonds is 9. The maximum atomic E-state index is 14.4. The molecule has 2 bridgehead atoms. The molecule has 3 amide bonds. The number of nitrogens with zero attached hydrogens (tertiary/aromatic N) is 1. The average Bonchev–Trinajstić information content (AvgIpc) is 3.49. The van der Waals surface area contributed by atoms with Crippen LogP contribution >= 0.6 is 11.8 Å². The van der Waals surface area contributed by atoms with E-state index in [1.165, 1.54) is 0 Å². The number of carbonyl (C=O) groups excluding carboxylic acids is 3. The molecule has 3 fully saturated rings.